The molecule has 0 radical (unpaired) electrons. The van der Waals surface area contributed by atoms with Gasteiger partial charge < -0.3 is 18.9 Å². The van der Waals surface area contributed by atoms with E-state index in [1.165, 1.54) is 0 Å². The number of rotatable bonds is 10. The van der Waals surface area contributed by atoms with Gasteiger partial charge in [-0.25, -0.2) is 19.9 Å². The van der Waals surface area contributed by atoms with Gasteiger partial charge in [0.2, 0.25) is 23.6 Å². The largest absolute Gasteiger partial charge is 0.488 e. The lowest BCUT2D eigenvalue weighted by Gasteiger charge is -2.11. The molecule has 0 atom stereocenters. The van der Waals surface area contributed by atoms with E-state index in [-0.39, 0.29) is 0 Å². The second-order valence-corrected chi connectivity index (χ2v) is 19.7. The maximum atomic E-state index is 9.29. The summed E-state index contributed by atoms with van der Waals surface area (Å²) >= 11 is 3.39. The van der Waals surface area contributed by atoms with Crippen molar-refractivity contribution in [1.82, 2.24) is 40.3 Å². The number of halogens is 1. The lowest BCUT2D eigenvalue weighted by atomic mass is 9.80. The first kappa shape index (κ1) is 52.3. The van der Waals surface area contributed by atoms with E-state index in [1.807, 2.05) is 206 Å². The normalized spacial score (nSPS) is 10.9. The third kappa shape index (κ3) is 12.0. The third-order valence-corrected chi connectivity index (χ3v) is 13.9. The van der Waals surface area contributed by atoms with Gasteiger partial charge in [-0.3, -0.25) is 0 Å². The zero-order chi connectivity index (χ0) is 55.6. The van der Waals surface area contributed by atoms with Crippen molar-refractivity contribution in [3.63, 3.8) is 0 Å². The van der Waals surface area contributed by atoms with E-state index in [4.69, 9.17) is 28.8 Å². The Morgan fingerprint density at radius 3 is 0.805 bits per heavy atom. The molecule has 392 valence electrons. The van der Waals surface area contributed by atoms with E-state index in [0.29, 0.717) is 29.0 Å². The van der Waals surface area contributed by atoms with Crippen LogP contribution < -0.4 is 5.46 Å². The summed E-state index contributed by atoms with van der Waals surface area (Å²) in [6.07, 6.45) is 0. The molecule has 4 heterocycles. The van der Waals surface area contributed by atoms with Crippen LogP contribution in [0.2, 0.25) is 0 Å². The van der Waals surface area contributed by atoms with Crippen LogP contribution in [0.15, 0.2) is 280 Å². The maximum Gasteiger partial charge on any atom is 0.488 e. The first-order valence-corrected chi connectivity index (χ1v) is 27.0. The Morgan fingerprint density at radius 1 is 0.256 bits per heavy atom. The topological polar surface area (TPSA) is 170 Å². The molecule has 82 heavy (non-hydrogen) atoms. The van der Waals surface area contributed by atoms with Crippen molar-refractivity contribution in [2.24, 2.45) is 0 Å². The molecule has 4 aromatic heterocycles. The van der Waals surface area contributed by atoms with Crippen LogP contribution in [0.5, 0.6) is 0 Å². The monoisotopic (exact) mass is 1130 g/mol. The predicted molar refractivity (Wildman–Crippen MR) is 328 cm³/mol. The molecule has 14 aromatic rings. The second kappa shape index (κ2) is 24.3. The summed E-state index contributed by atoms with van der Waals surface area (Å²) in [7, 11) is -1.48. The smallest absolute Gasteiger partial charge is 0.423 e. The molecule has 14 rings (SSSR count). The van der Waals surface area contributed by atoms with Gasteiger partial charge in [-0.1, -0.05) is 198 Å². The van der Waals surface area contributed by atoms with Gasteiger partial charge in [-0.15, -0.1) is 20.4 Å². The van der Waals surface area contributed by atoms with Crippen molar-refractivity contribution in [3.05, 3.63) is 271 Å². The van der Waals surface area contributed by atoms with Gasteiger partial charge in [0.25, 0.3) is 0 Å². The number of nitrogens with zero attached hydrogens (tertiary/aromatic N) is 8. The highest BCUT2D eigenvalue weighted by atomic mass is 79.9. The average Bonchev–Trinajstić information content (AvgIpc) is 4.39. The highest BCUT2D eigenvalue weighted by molar-refractivity contribution is 9.10. The lowest BCUT2D eigenvalue weighted by molar-refractivity contribution is 0.426. The third-order valence-electron chi connectivity index (χ3n) is 13.3. The van der Waals surface area contributed by atoms with Crippen LogP contribution in [0.25, 0.3) is 124 Å². The van der Waals surface area contributed by atoms with Crippen LogP contribution in [0.4, 0.5) is 0 Å². The van der Waals surface area contributed by atoms with E-state index in [2.05, 4.69) is 84.9 Å². The highest BCUT2D eigenvalue weighted by Crippen LogP contribution is 2.35. The van der Waals surface area contributed by atoms with Crippen LogP contribution in [0, 0.1) is 0 Å². The molecule has 0 saturated heterocycles. The molecule has 14 heteroatoms. The SMILES string of the molecule is Brc1ccc(-c2nnc(-c3ccccc3)o2)cc1.OB(O)c1ccc(-c2nc3ccccc3nc2-c2ccccc2)cc1.c1ccc(-c2nnc(-c3ccc(-c4ccc(-c5nc6ccccc6nc5-c5ccccc5)cc4)cc3)o2)cc1. The molecule has 0 aliphatic heterocycles. The highest BCUT2D eigenvalue weighted by Gasteiger charge is 2.18. The number of fused-ring (bicyclic) bond motifs is 2. The van der Waals surface area contributed by atoms with Crippen molar-refractivity contribution in [2.75, 3.05) is 0 Å². The summed E-state index contributed by atoms with van der Waals surface area (Å²) in [6.45, 7) is 0. The Morgan fingerprint density at radius 2 is 0.488 bits per heavy atom. The fourth-order valence-electron chi connectivity index (χ4n) is 9.10. The number of para-hydroxylation sites is 4. The molecule has 0 aliphatic carbocycles. The second-order valence-electron chi connectivity index (χ2n) is 18.8. The van der Waals surface area contributed by atoms with Gasteiger partial charge in [-0.05, 0) is 102 Å². The first-order chi connectivity index (χ1) is 40.4. The van der Waals surface area contributed by atoms with E-state index < -0.39 is 7.12 Å². The van der Waals surface area contributed by atoms with Crippen molar-refractivity contribution in [2.45, 2.75) is 0 Å². The van der Waals surface area contributed by atoms with E-state index in [1.54, 1.807) is 12.1 Å². The molecule has 10 aromatic carbocycles. The molecule has 0 bridgehead atoms. The summed E-state index contributed by atoms with van der Waals surface area (Å²) in [5, 5.41) is 35.1. The molecule has 0 fully saturated rings. The van der Waals surface area contributed by atoms with Crippen LogP contribution in [0.3, 0.4) is 0 Å². The van der Waals surface area contributed by atoms with Crippen LogP contribution in [-0.4, -0.2) is 57.5 Å². The van der Waals surface area contributed by atoms with Gasteiger partial charge in [-0.2, -0.15) is 0 Å². The predicted octanol–water partition coefficient (Wildman–Crippen LogP) is 15.2. The minimum absolute atomic E-state index is 0.443. The fourth-order valence-corrected chi connectivity index (χ4v) is 9.37. The van der Waals surface area contributed by atoms with Gasteiger partial charge >= 0.3 is 7.12 Å². The molecule has 0 amide bonds. The van der Waals surface area contributed by atoms with E-state index in [0.717, 1.165) is 105 Å². The van der Waals surface area contributed by atoms with Crippen LogP contribution in [0.1, 0.15) is 0 Å². The molecular formula is C68H46BBrN8O4. The quantitative estimate of drug-likeness (QED) is 0.124. The number of hydrogen-bond donors (Lipinski definition) is 2. The summed E-state index contributed by atoms with van der Waals surface area (Å²) in [4.78, 5) is 19.6. The summed E-state index contributed by atoms with van der Waals surface area (Å²) in [5.74, 6) is 2.07. The van der Waals surface area contributed by atoms with Crippen LogP contribution >= 0.6 is 15.9 Å². The van der Waals surface area contributed by atoms with Crippen molar-refractivity contribution in [1.29, 1.82) is 0 Å². The molecule has 0 saturated carbocycles. The van der Waals surface area contributed by atoms with Gasteiger partial charge in [0.15, 0.2) is 0 Å². The zero-order valence-corrected chi connectivity index (χ0v) is 45.2. The lowest BCUT2D eigenvalue weighted by Crippen LogP contribution is -2.29. The molecule has 12 nitrogen and oxygen atoms in total. The molecule has 0 spiro atoms. The summed E-state index contributed by atoms with van der Waals surface area (Å²) < 4.78 is 12.6. The Kier molecular flexibility index (Phi) is 15.5. The summed E-state index contributed by atoms with van der Waals surface area (Å²) in [6, 6.07) is 86.8. The van der Waals surface area contributed by atoms with E-state index in [9.17, 15) is 10.0 Å². The standard InChI is InChI=1S/C34H22N4O.C20H15BN2O2.C14H9BrN2O/c1-3-9-25(10-4-1)31-32(36-30-14-8-7-13-29(30)35-31)26-19-15-23(16-20-26)24-17-21-28(22-18-24)34-38-37-33(39-34)27-11-5-2-6-12-27;24-21(25)16-12-10-15(11-13-16)20-19(14-6-2-1-3-7-14)22-17-8-4-5-9-18(17)23-20;15-12-8-6-11(7-9-12)14-17-16-13(18-14)10-4-2-1-3-5-10/h1-22H;1-13,24-25H;1-9H. The van der Waals surface area contributed by atoms with E-state index >= 15 is 0 Å². The van der Waals surface area contributed by atoms with Gasteiger partial charge in [0.05, 0.1) is 44.8 Å². The van der Waals surface area contributed by atoms with Gasteiger partial charge in [0, 0.05) is 49.0 Å². The minimum atomic E-state index is -1.48. The van der Waals surface area contributed by atoms with Crippen molar-refractivity contribution >= 4 is 50.6 Å². The number of hydrogen-bond acceptors (Lipinski definition) is 12. The number of benzene rings is 10. The minimum Gasteiger partial charge on any atom is -0.423 e. The van der Waals surface area contributed by atoms with Crippen LogP contribution in [-0.2, 0) is 0 Å². The Labute approximate surface area is 480 Å². The van der Waals surface area contributed by atoms with Crippen molar-refractivity contribution in [3.8, 4) is 102 Å². The number of aromatic nitrogens is 8. The van der Waals surface area contributed by atoms with Crippen molar-refractivity contribution < 1.29 is 18.9 Å². The fraction of sp³-hybridized carbons (Fsp3) is 0. The Balaban J connectivity index is 0.000000132. The molecule has 0 aliphatic rings. The zero-order valence-electron chi connectivity index (χ0n) is 43.6. The Hall–Kier alpha value is -10.4. The van der Waals surface area contributed by atoms with Gasteiger partial charge in [0.1, 0.15) is 0 Å². The summed E-state index contributed by atoms with van der Waals surface area (Å²) in [5.41, 5.74) is 16.9. The average molecular weight is 1130 g/mol. The maximum absolute atomic E-state index is 9.29. The molecule has 2 N–H and O–H groups in total. The first-order valence-electron chi connectivity index (χ1n) is 26.2. The molecule has 0 unspecified atom stereocenters. The molecular weight excluding hydrogens is 1080 g/mol. The Bertz CT molecular complexity index is 4410.